The zero-order chi connectivity index (χ0) is 23.6. The van der Waals surface area contributed by atoms with Gasteiger partial charge in [0.05, 0.1) is 0 Å². The second-order valence-electron chi connectivity index (χ2n) is 10.5. The lowest BCUT2D eigenvalue weighted by Crippen LogP contribution is -2.41. The Morgan fingerprint density at radius 2 is 1.12 bits per heavy atom. The largest absolute Gasteiger partial charge is 0.508 e. The summed E-state index contributed by atoms with van der Waals surface area (Å²) in [5, 5.41) is 29.6. The van der Waals surface area contributed by atoms with Gasteiger partial charge in [-0.1, -0.05) is 57.2 Å². The van der Waals surface area contributed by atoms with E-state index in [1.807, 2.05) is 12.1 Å². The molecule has 3 heteroatoms. The van der Waals surface area contributed by atoms with E-state index in [1.54, 1.807) is 24.3 Å². The van der Waals surface area contributed by atoms with Gasteiger partial charge >= 0.3 is 0 Å². The van der Waals surface area contributed by atoms with Crippen molar-refractivity contribution in [3.63, 3.8) is 0 Å². The SMILES string of the molecule is CC(C)CC(C)(c1ccc(O)cc1)C1CCC(c2ccc(O)cc2)(c2ccc(O)cc2)CC1. The maximum absolute atomic E-state index is 9.87. The maximum atomic E-state index is 9.87. The van der Waals surface area contributed by atoms with Crippen molar-refractivity contribution < 1.29 is 15.3 Å². The molecule has 0 saturated heterocycles. The number of aromatic hydroxyl groups is 3. The minimum absolute atomic E-state index is 0.0396. The first-order chi connectivity index (χ1) is 15.7. The summed E-state index contributed by atoms with van der Waals surface area (Å²) in [6.07, 6.45) is 5.31. The fourth-order valence-corrected chi connectivity index (χ4v) is 6.26. The molecule has 0 aliphatic heterocycles. The number of benzene rings is 3. The van der Waals surface area contributed by atoms with E-state index in [1.165, 1.54) is 16.7 Å². The van der Waals surface area contributed by atoms with Crippen LogP contribution < -0.4 is 0 Å². The molecule has 4 rings (SSSR count). The van der Waals surface area contributed by atoms with Gasteiger partial charge in [0.25, 0.3) is 0 Å². The van der Waals surface area contributed by atoms with Gasteiger partial charge in [-0.15, -0.1) is 0 Å². The van der Waals surface area contributed by atoms with Gasteiger partial charge in [-0.25, -0.2) is 0 Å². The lowest BCUT2D eigenvalue weighted by molar-refractivity contribution is 0.155. The van der Waals surface area contributed by atoms with Crippen LogP contribution in [0.15, 0.2) is 72.8 Å². The Kier molecular flexibility index (Phi) is 6.43. The standard InChI is InChI=1S/C30H36O3/c1-21(2)20-29(3,22-4-10-26(31)11-5-22)23-16-18-30(19-17-23,24-6-12-27(32)13-7-24)25-8-14-28(33)15-9-25/h4-15,21,23,31-33H,16-20H2,1-3H3. The Bertz CT molecular complexity index is 996. The number of hydrogen-bond acceptors (Lipinski definition) is 3. The fourth-order valence-electron chi connectivity index (χ4n) is 6.26. The lowest BCUT2D eigenvalue weighted by Gasteiger charge is -2.48. The summed E-state index contributed by atoms with van der Waals surface area (Å²) in [5.74, 6) is 1.99. The van der Waals surface area contributed by atoms with Gasteiger partial charge < -0.3 is 15.3 Å². The second-order valence-corrected chi connectivity index (χ2v) is 10.5. The first kappa shape index (κ1) is 23.2. The molecule has 1 saturated carbocycles. The number of hydrogen-bond donors (Lipinski definition) is 3. The first-order valence-corrected chi connectivity index (χ1v) is 12.1. The number of phenols is 3. The van der Waals surface area contributed by atoms with Crippen molar-refractivity contribution in [3.05, 3.63) is 89.5 Å². The maximum Gasteiger partial charge on any atom is 0.115 e. The molecule has 0 radical (unpaired) electrons. The number of rotatable bonds is 6. The molecule has 1 aliphatic rings. The van der Waals surface area contributed by atoms with Gasteiger partial charge in [0.2, 0.25) is 0 Å². The molecule has 0 bridgehead atoms. The van der Waals surface area contributed by atoms with Crippen molar-refractivity contribution in [1.82, 2.24) is 0 Å². The van der Waals surface area contributed by atoms with Crippen molar-refractivity contribution in [2.75, 3.05) is 0 Å². The van der Waals surface area contributed by atoms with Crippen LogP contribution in [0.3, 0.4) is 0 Å². The Morgan fingerprint density at radius 1 is 0.727 bits per heavy atom. The molecule has 174 valence electrons. The molecular formula is C30H36O3. The summed E-state index contributed by atoms with van der Waals surface area (Å²) in [5.41, 5.74) is 3.66. The second kappa shape index (κ2) is 9.13. The predicted octanol–water partition coefficient (Wildman–Crippen LogP) is 7.28. The van der Waals surface area contributed by atoms with Crippen LogP contribution in [0.5, 0.6) is 17.2 Å². The summed E-state index contributed by atoms with van der Waals surface area (Å²) in [4.78, 5) is 0. The highest BCUT2D eigenvalue weighted by atomic mass is 16.3. The highest BCUT2D eigenvalue weighted by Gasteiger charge is 2.44. The Labute approximate surface area is 197 Å². The van der Waals surface area contributed by atoms with Crippen molar-refractivity contribution in [1.29, 1.82) is 0 Å². The molecule has 0 heterocycles. The van der Waals surface area contributed by atoms with Gasteiger partial charge in [-0.3, -0.25) is 0 Å². The zero-order valence-corrected chi connectivity index (χ0v) is 20.0. The van der Waals surface area contributed by atoms with Crippen LogP contribution in [0.4, 0.5) is 0 Å². The van der Waals surface area contributed by atoms with Gasteiger partial charge in [0.1, 0.15) is 17.2 Å². The molecule has 0 amide bonds. The van der Waals surface area contributed by atoms with Gasteiger partial charge in [0.15, 0.2) is 0 Å². The van der Waals surface area contributed by atoms with Crippen LogP contribution in [0.2, 0.25) is 0 Å². The van der Waals surface area contributed by atoms with Crippen LogP contribution in [0.25, 0.3) is 0 Å². The van der Waals surface area contributed by atoms with Gasteiger partial charge in [-0.05, 0) is 102 Å². The van der Waals surface area contributed by atoms with E-state index in [-0.39, 0.29) is 22.3 Å². The summed E-state index contributed by atoms with van der Waals surface area (Å²) in [6, 6.07) is 23.1. The molecule has 0 aromatic heterocycles. The predicted molar refractivity (Wildman–Crippen MR) is 134 cm³/mol. The van der Waals surface area contributed by atoms with Crippen LogP contribution in [-0.4, -0.2) is 15.3 Å². The molecule has 1 fully saturated rings. The number of phenolic OH excluding ortho intramolecular Hbond substituents is 3. The van der Waals surface area contributed by atoms with Crippen LogP contribution in [-0.2, 0) is 10.8 Å². The van der Waals surface area contributed by atoms with Crippen molar-refractivity contribution >= 4 is 0 Å². The summed E-state index contributed by atoms with van der Waals surface area (Å²) in [7, 11) is 0. The average molecular weight is 445 g/mol. The molecule has 3 aromatic rings. The highest BCUT2D eigenvalue weighted by molar-refractivity contribution is 5.44. The summed E-state index contributed by atoms with van der Waals surface area (Å²) >= 11 is 0. The fraction of sp³-hybridized carbons (Fsp3) is 0.400. The van der Waals surface area contributed by atoms with Crippen LogP contribution >= 0.6 is 0 Å². The first-order valence-electron chi connectivity index (χ1n) is 12.1. The topological polar surface area (TPSA) is 60.7 Å². The van der Waals surface area contributed by atoms with Crippen molar-refractivity contribution in [3.8, 4) is 17.2 Å². The van der Waals surface area contributed by atoms with E-state index in [2.05, 4.69) is 57.2 Å². The highest BCUT2D eigenvalue weighted by Crippen LogP contribution is 2.53. The van der Waals surface area contributed by atoms with Gasteiger partial charge in [0, 0.05) is 5.41 Å². The quantitative estimate of drug-likeness (QED) is 0.374. The average Bonchev–Trinajstić information content (AvgIpc) is 2.80. The van der Waals surface area contributed by atoms with Crippen LogP contribution in [0.1, 0.15) is 69.6 Å². The molecule has 1 unspecified atom stereocenters. The minimum Gasteiger partial charge on any atom is -0.508 e. The van der Waals surface area contributed by atoms with Gasteiger partial charge in [-0.2, -0.15) is 0 Å². The third-order valence-corrected chi connectivity index (χ3v) is 7.94. The molecule has 3 aromatic carbocycles. The Balaban J connectivity index is 1.69. The molecule has 1 atom stereocenters. The summed E-state index contributed by atoms with van der Waals surface area (Å²) < 4.78 is 0. The Morgan fingerprint density at radius 3 is 1.52 bits per heavy atom. The molecule has 33 heavy (non-hydrogen) atoms. The van der Waals surface area contributed by atoms with Crippen LogP contribution in [0, 0.1) is 11.8 Å². The van der Waals surface area contributed by atoms with E-state index in [9.17, 15) is 15.3 Å². The van der Waals surface area contributed by atoms with E-state index >= 15 is 0 Å². The van der Waals surface area contributed by atoms with E-state index in [0.717, 1.165) is 32.1 Å². The Hall–Kier alpha value is -2.94. The molecule has 3 nitrogen and oxygen atoms in total. The normalized spacial score (nSPS) is 18.2. The zero-order valence-electron chi connectivity index (χ0n) is 20.0. The van der Waals surface area contributed by atoms with Crippen molar-refractivity contribution in [2.45, 2.75) is 63.7 Å². The summed E-state index contributed by atoms with van der Waals surface area (Å²) in [6.45, 7) is 6.98. The van der Waals surface area contributed by atoms with E-state index < -0.39 is 0 Å². The molecule has 1 aliphatic carbocycles. The molecule has 0 spiro atoms. The molecule has 3 N–H and O–H groups in total. The minimum atomic E-state index is -0.133. The monoisotopic (exact) mass is 444 g/mol. The van der Waals surface area contributed by atoms with E-state index in [0.29, 0.717) is 17.6 Å². The lowest BCUT2D eigenvalue weighted by atomic mass is 9.56. The third-order valence-electron chi connectivity index (χ3n) is 7.94. The van der Waals surface area contributed by atoms with E-state index in [4.69, 9.17) is 0 Å². The van der Waals surface area contributed by atoms with Crippen molar-refractivity contribution in [2.24, 2.45) is 11.8 Å². The smallest absolute Gasteiger partial charge is 0.115 e. The third kappa shape index (κ3) is 4.59. The molecular weight excluding hydrogens is 408 g/mol.